The van der Waals surface area contributed by atoms with E-state index in [0.29, 0.717) is 6.42 Å². The number of carboxylic acids is 1. The summed E-state index contributed by atoms with van der Waals surface area (Å²) >= 11 is 0. The molecule has 4 N–H and O–H groups in total. The first-order chi connectivity index (χ1) is 16.9. The van der Waals surface area contributed by atoms with Crippen molar-refractivity contribution in [3.63, 3.8) is 0 Å². The Hall–Kier alpha value is -3.39. The maximum Gasteiger partial charge on any atom is 0.407 e. The monoisotopic (exact) mass is 480 g/mol. The number of aliphatic carboxylic acids is 1. The number of hydrogen-bond donors (Lipinski definition) is 4. The van der Waals surface area contributed by atoms with Crippen molar-refractivity contribution in [1.29, 1.82) is 0 Å². The third-order valence-corrected chi connectivity index (χ3v) is 7.14. The highest BCUT2D eigenvalue weighted by atomic mass is 16.5. The van der Waals surface area contributed by atoms with Crippen LogP contribution in [0.4, 0.5) is 4.79 Å². The SMILES string of the molecule is C[C@@H](O)[C@H](NC(=O)C1CCCCC1CNC(=O)OCC1c2ccccc2-c2ccccc21)C(=O)O. The van der Waals surface area contributed by atoms with E-state index in [1.807, 2.05) is 24.3 Å². The van der Waals surface area contributed by atoms with Crippen molar-refractivity contribution in [2.24, 2.45) is 11.8 Å². The Balaban J connectivity index is 1.33. The third-order valence-electron chi connectivity index (χ3n) is 7.14. The van der Waals surface area contributed by atoms with E-state index < -0.39 is 36.0 Å². The molecule has 0 heterocycles. The molecule has 0 aromatic heterocycles. The fraction of sp³-hybridized carbons (Fsp3) is 0.444. The normalized spacial score (nSPS) is 20.7. The number of amides is 2. The topological polar surface area (TPSA) is 125 Å². The third kappa shape index (κ3) is 5.48. The second-order valence-corrected chi connectivity index (χ2v) is 9.42. The van der Waals surface area contributed by atoms with Gasteiger partial charge >= 0.3 is 12.1 Å². The van der Waals surface area contributed by atoms with Gasteiger partial charge in [0.2, 0.25) is 5.91 Å². The van der Waals surface area contributed by atoms with Gasteiger partial charge in [0.05, 0.1) is 6.10 Å². The Morgan fingerprint density at radius 1 is 1.00 bits per heavy atom. The van der Waals surface area contributed by atoms with E-state index >= 15 is 0 Å². The number of alkyl carbamates (subject to hydrolysis) is 1. The van der Waals surface area contributed by atoms with Crippen LogP contribution in [0.1, 0.15) is 49.7 Å². The zero-order chi connectivity index (χ0) is 24.9. The molecule has 2 aromatic rings. The van der Waals surface area contributed by atoms with Crippen molar-refractivity contribution < 1.29 is 29.3 Å². The molecule has 0 aliphatic heterocycles. The zero-order valence-electron chi connectivity index (χ0n) is 19.8. The molecule has 2 unspecified atom stereocenters. The first kappa shape index (κ1) is 24.7. The molecule has 2 aliphatic rings. The molecule has 0 bridgehead atoms. The number of carbonyl (C=O) groups excluding carboxylic acids is 2. The highest BCUT2D eigenvalue weighted by Gasteiger charge is 2.35. The van der Waals surface area contributed by atoms with Gasteiger partial charge in [-0.3, -0.25) is 4.79 Å². The van der Waals surface area contributed by atoms with Gasteiger partial charge in [0.25, 0.3) is 0 Å². The minimum atomic E-state index is -1.36. The van der Waals surface area contributed by atoms with Crippen LogP contribution in [-0.2, 0) is 14.3 Å². The number of carbonyl (C=O) groups is 3. The maximum atomic E-state index is 12.8. The first-order valence-electron chi connectivity index (χ1n) is 12.2. The number of aliphatic hydroxyl groups is 1. The van der Waals surface area contributed by atoms with Crippen LogP contribution >= 0.6 is 0 Å². The molecule has 0 saturated heterocycles. The van der Waals surface area contributed by atoms with Gasteiger partial charge in [0.15, 0.2) is 6.04 Å². The van der Waals surface area contributed by atoms with Crippen molar-refractivity contribution >= 4 is 18.0 Å². The lowest BCUT2D eigenvalue weighted by atomic mass is 9.78. The lowest BCUT2D eigenvalue weighted by Crippen LogP contribution is -2.51. The Morgan fingerprint density at radius 2 is 1.60 bits per heavy atom. The van der Waals surface area contributed by atoms with Gasteiger partial charge < -0.3 is 25.6 Å². The van der Waals surface area contributed by atoms with Gasteiger partial charge in [-0.1, -0.05) is 61.4 Å². The fourth-order valence-electron chi connectivity index (χ4n) is 5.31. The second kappa shape index (κ2) is 10.9. The minimum Gasteiger partial charge on any atom is -0.480 e. The predicted molar refractivity (Wildman–Crippen MR) is 130 cm³/mol. The molecule has 186 valence electrons. The summed E-state index contributed by atoms with van der Waals surface area (Å²) in [4.78, 5) is 36.7. The van der Waals surface area contributed by atoms with Crippen LogP contribution in [0, 0.1) is 11.8 Å². The van der Waals surface area contributed by atoms with Crippen LogP contribution in [0.2, 0.25) is 0 Å². The number of fused-ring (bicyclic) bond motifs is 3. The quantitative estimate of drug-likeness (QED) is 0.460. The van der Waals surface area contributed by atoms with E-state index in [4.69, 9.17) is 4.74 Å². The van der Waals surface area contributed by atoms with Gasteiger partial charge in [0.1, 0.15) is 6.61 Å². The zero-order valence-corrected chi connectivity index (χ0v) is 19.8. The molecule has 0 spiro atoms. The molecule has 4 atom stereocenters. The van der Waals surface area contributed by atoms with Crippen LogP contribution in [0.5, 0.6) is 0 Å². The summed E-state index contributed by atoms with van der Waals surface area (Å²) in [6, 6.07) is 14.9. The molecule has 2 amide bonds. The van der Waals surface area contributed by atoms with Crippen molar-refractivity contribution in [3.8, 4) is 11.1 Å². The van der Waals surface area contributed by atoms with E-state index in [0.717, 1.165) is 41.5 Å². The number of carboxylic acid groups (broad SMARTS) is 1. The van der Waals surface area contributed by atoms with Gasteiger partial charge in [-0.2, -0.15) is 0 Å². The van der Waals surface area contributed by atoms with Crippen molar-refractivity contribution in [2.45, 2.75) is 50.7 Å². The van der Waals surface area contributed by atoms with E-state index in [2.05, 4.69) is 34.9 Å². The van der Waals surface area contributed by atoms with Gasteiger partial charge in [-0.25, -0.2) is 9.59 Å². The number of aliphatic hydroxyl groups excluding tert-OH is 1. The summed E-state index contributed by atoms with van der Waals surface area (Å²) in [7, 11) is 0. The molecule has 1 saturated carbocycles. The molecule has 35 heavy (non-hydrogen) atoms. The summed E-state index contributed by atoms with van der Waals surface area (Å²) < 4.78 is 5.59. The summed E-state index contributed by atoms with van der Waals surface area (Å²) in [6.45, 7) is 1.81. The van der Waals surface area contributed by atoms with Crippen molar-refractivity contribution in [1.82, 2.24) is 10.6 Å². The molecular formula is C27H32N2O6. The Labute approximate surface area is 204 Å². The van der Waals surface area contributed by atoms with Gasteiger partial charge in [0, 0.05) is 18.4 Å². The maximum absolute atomic E-state index is 12.8. The predicted octanol–water partition coefficient (Wildman–Crippen LogP) is 3.28. The lowest BCUT2D eigenvalue weighted by Gasteiger charge is -2.31. The molecule has 8 heteroatoms. The Kier molecular flexibility index (Phi) is 7.70. The van der Waals surface area contributed by atoms with Crippen molar-refractivity contribution in [3.05, 3.63) is 59.7 Å². The minimum absolute atomic E-state index is 0.0326. The van der Waals surface area contributed by atoms with Crippen LogP contribution in [-0.4, -0.2) is 53.5 Å². The second-order valence-electron chi connectivity index (χ2n) is 9.42. The number of rotatable bonds is 8. The van der Waals surface area contributed by atoms with E-state index in [-0.39, 0.29) is 25.0 Å². The molecule has 0 radical (unpaired) electrons. The first-order valence-corrected chi connectivity index (χ1v) is 12.2. The summed E-state index contributed by atoms with van der Waals surface area (Å²) in [6.07, 6.45) is 1.38. The summed E-state index contributed by atoms with van der Waals surface area (Å²) in [5.74, 6) is -2.28. The number of benzene rings is 2. The summed E-state index contributed by atoms with van der Waals surface area (Å²) in [5.41, 5.74) is 4.59. The number of nitrogens with one attached hydrogen (secondary N) is 2. The largest absolute Gasteiger partial charge is 0.480 e. The van der Waals surface area contributed by atoms with Crippen LogP contribution in [0.15, 0.2) is 48.5 Å². The van der Waals surface area contributed by atoms with Gasteiger partial charge in [-0.15, -0.1) is 0 Å². The fourth-order valence-corrected chi connectivity index (χ4v) is 5.31. The highest BCUT2D eigenvalue weighted by Crippen LogP contribution is 2.44. The molecule has 8 nitrogen and oxygen atoms in total. The van der Waals surface area contributed by atoms with Crippen molar-refractivity contribution in [2.75, 3.05) is 13.2 Å². The van der Waals surface area contributed by atoms with Gasteiger partial charge in [-0.05, 0) is 47.9 Å². The Bertz CT molecular complexity index is 1040. The molecular weight excluding hydrogens is 448 g/mol. The van der Waals surface area contributed by atoms with Crippen LogP contribution in [0.3, 0.4) is 0 Å². The van der Waals surface area contributed by atoms with E-state index in [1.165, 1.54) is 6.92 Å². The summed E-state index contributed by atoms with van der Waals surface area (Å²) in [5, 5.41) is 24.2. The van der Waals surface area contributed by atoms with Crippen LogP contribution < -0.4 is 10.6 Å². The smallest absolute Gasteiger partial charge is 0.407 e. The average Bonchev–Trinajstić information content (AvgIpc) is 3.18. The van der Waals surface area contributed by atoms with Crippen LogP contribution in [0.25, 0.3) is 11.1 Å². The highest BCUT2D eigenvalue weighted by molar-refractivity contribution is 5.85. The lowest BCUT2D eigenvalue weighted by molar-refractivity contribution is -0.146. The Morgan fingerprint density at radius 3 is 2.20 bits per heavy atom. The molecule has 2 aromatic carbocycles. The molecule has 4 rings (SSSR count). The van der Waals surface area contributed by atoms with E-state index in [1.54, 1.807) is 0 Å². The van der Waals surface area contributed by atoms with E-state index in [9.17, 15) is 24.6 Å². The number of ether oxygens (including phenoxy) is 1. The molecule has 2 aliphatic carbocycles. The standard InChI is InChI=1S/C27H32N2O6/c1-16(30)24(26(32)33)29-25(31)18-9-3-2-8-17(18)14-28-27(34)35-15-23-21-12-6-4-10-19(21)20-11-5-7-13-22(20)23/h4-7,10-13,16-18,23-24,30H,2-3,8-9,14-15H2,1H3,(H,28,34)(H,29,31)(H,32,33)/t16-,17?,18?,24+/m1/s1. The average molecular weight is 481 g/mol. The molecule has 1 fully saturated rings. The number of hydrogen-bond acceptors (Lipinski definition) is 5.